The van der Waals surface area contributed by atoms with Gasteiger partial charge in [-0.3, -0.25) is 4.79 Å². The highest BCUT2D eigenvalue weighted by Crippen LogP contribution is 2.19. The van der Waals surface area contributed by atoms with Crippen LogP contribution in [0.4, 0.5) is 5.69 Å². The molecule has 5 heteroatoms. The predicted molar refractivity (Wildman–Crippen MR) is 89.3 cm³/mol. The van der Waals surface area contributed by atoms with Crippen LogP contribution in [0.15, 0.2) is 48.5 Å². The zero-order valence-electron chi connectivity index (χ0n) is 13.5. The molecular weight excluding hydrogens is 294 g/mol. The van der Waals surface area contributed by atoms with Gasteiger partial charge in [-0.2, -0.15) is 0 Å². The number of nitrogens with one attached hydrogen (secondary N) is 1. The van der Waals surface area contributed by atoms with Crippen molar-refractivity contribution < 1.29 is 19.0 Å². The highest BCUT2D eigenvalue weighted by Gasteiger charge is 2.15. The topological polar surface area (TPSA) is 56.8 Å². The number of benzene rings is 2. The van der Waals surface area contributed by atoms with Gasteiger partial charge in [0.2, 0.25) is 0 Å². The Morgan fingerprint density at radius 3 is 2.13 bits per heavy atom. The lowest BCUT2D eigenvalue weighted by Crippen LogP contribution is -2.30. The zero-order chi connectivity index (χ0) is 16.7. The van der Waals surface area contributed by atoms with Crippen molar-refractivity contribution in [2.45, 2.75) is 20.0 Å². The molecular formula is C18H21NO4. The minimum atomic E-state index is -0.616. The molecule has 2 aromatic rings. The van der Waals surface area contributed by atoms with Gasteiger partial charge in [0.05, 0.1) is 13.7 Å². The maximum Gasteiger partial charge on any atom is 0.265 e. The second kappa shape index (κ2) is 8.08. The zero-order valence-corrected chi connectivity index (χ0v) is 13.5. The normalized spacial score (nSPS) is 11.4. The van der Waals surface area contributed by atoms with Gasteiger partial charge in [0, 0.05) is 5.69 Å². The molecule has 1 amide bonds. The van der Waals surface area contributed by atoms with Crippen molar-refractivity contribution in [1.82, 2.24) is 0 Å². The molecule has 0 bridgehead atoms. The van der Waals surface area contributed by atoms with Crippen molar-refractivity contribution in [3.63, 3.8) is 0 Å². The summed E-state index contributed by atoms with van der Waals surface area (Å²) < 4.78 is 16.1. The largest absolute Gasteiger partial charge is 0.497 e. The lowest BCUT2D eigenvalue weighted by molar-refractivity contribution is -0.122. The van der Waals surface area contributed by atoms with E-state index in [1.807, 2.05) is 19.1 Å². The first-order chi connectivity index (χ1) is 11.1. The van der Waals surface area contributed by atoms with E-state index in [1.165, 1.54) is 0 Å². The molecule has 1 atom stereocenters. The Morgan fingerprint density at radius 1 is 1.00 bits per heavy atom. The van der Waals surface area contributed by atoms with Crippen LogP contribution in [0.2, 0.25) is 0 Å². The van der Waals surface area contributed by atoms with Gasteiger partial charge in [-0.25, -0.2) is 0 Å². The summed E-state index contributed by atoms with van der Waals surface area (Å²) in [5.74, 6) is 1.90. The Morgan fingerprint density at radius 2 is 1.57 bits per heavy atom. The average molecular weight is 315 g/mol. The summed E-state index contributed by atoms with van der Waals surface area (Å²) in [6, 6.07) is 14.3. The SMILES string of the molecule is CCOc1ccc(NC(=O)[C@H](C)Oc2ccc(OC)cc2)cc1. The second-order valence-corrected chi connectivity index (χ2v) is 4.88. The molecule has 0 saturated carbocycles. The molecule has 0 saturated heterocycles. The van der Waals surface area contributed by atoms with Crippen molar-refractivity contribution in [2.75, 3.05) is 19.0 Å². The Balaban J connectivity index is 1.90. The highest BCUT2D eigenvalue weighted by molar-refractivity contribution is 5.94. The third-order valence-electron chi connectivity index (χ3n) is 3.17. The molecule has 5 nitrogen and oxygen atoms in total. The van der Waals surface area contributed by atoms with E-state index in [0.29, 0.717) is 18.0 Å². The Bertz CT molecular complexity index is 622. The van der Waals surface area contributed by atoms with Crippen LogP contribution in [-0.2, 0) is 4.79 Å². The van der Waals surface area contributed by atoms with E-state index in [-0.39, 0.29) is 5.91 Å². The molecule has 122 valence electrons. The Kier molecular flexibility index (Phi) is 5.86. The van der Waals surface area contributed by atoms with Crippen molar-refractivity contribution in [3.8, 4) is 17.2 Å². The number of rotatable bonds is 7. The summed E-state index contributed by atoms with van der Waals surface area (Å²) in [6.45, 7) is 4.24. The van der Waals surface area contributed by atoms with Crippen LogP contribution in [0, 0.1) is 0 Å². The van der Waals surface area contributed by atoms with Gasteiger partial charge in [0.25, 0.3) is 5.91 Å². The van der Waals surface area contributed by atoms with Crippen LogP contribution in [0.25, 0.3) is 0 Å². The van der Waals surface area contributed by atoms with Crippen LogP contribution in [-0.4, -0.2) is 25.7 Å². The standard InChI is InChI=1S/C18H21NO4/c1-4-22-16-7-5-14(6-8-16)19-18(20)13(2)23-17-11-9-15(21-3)10-12-17/h5-13H,4H2,1-3H3,(H,19,20)/t13-/m0/s1. The Labute approximate surface area is 136 Å². The molecule has 0 unspecified atom stereocenters. The van der Waals surface area contributed by atoms with Gasteiger partial charge in [0.1, 0.15) is 17.2 Å². The van der Waals surface area contributed by atoms with E-state index in [1.54, 1.807) is 50.4 Å². The van der Waals surface area contributed by atoms with E-state index in [2.05, 4.69) is 5.32 Å². The van der Waals surface area contributed by atoms with Crippen LogP contribution in [0.3, 0.4) is 0 Å². The van der Waals surface area contributed by atoms with Crippen LogP contribution in [0.1, 0.15) is 13.8 Å². The number of anilines is 1. The van der Waals surface area contributed by atoms with Gasteiger partial charge in [-0.15, -0.1) is 0 Å². The predicted octanol–water partition coefficient (Wildman–Crippen LogP) is 3.50. The maximum atomic E-state index is 12.2. The number of carbonyl (C=O) groups excluding carboxylic acids is 1. The third-order valence-corrected chi connectivity index (χ3v) is 3.17. The van der Waals surface area contributed by atoms with E-state index in [9.17, 15) is 4.79 Å². The summed E-state index contributed by atoms with van der Waals surface area (Å²) in [7, 11) is 1.60. The summed E-state index contributed by atoms with van der Waals surface area (Å²) in [5, 5.41) is 2.81. The molecule has 2 aromatic carbocycles. The molecule has 0 spiro atoms. The Hall–Kier alpha value is -2.69. The first kappa shape index (κ1) is 16.7. The van der Waals surface area contributed by atoms with Gasteiger partial charge in [-0.05, 0) is 62.4 Å². The highest BCUT2D eigenvalue weighted by atomic mass is 16.5. The van der Waals surface area contributed by atoms with Crippen LogP contribution in [0.5, 0.6) is 17.2 Å². The lowest BCUT2D eigenvalue weighted by atomic mass is 10.2. The molecule has 0 aliphatic heterocycles. The molecule has 23 heavy (non-hydrogen) atoms. The fourth-order valence-electron chi connectivity index (χ4n) is 1.96. The van der Waals surface area contributed by atoms with Crippen LogP contribution >= 0.6 is 0 Å². The summed E-state index contributed by atoms with van der Waals surface area (Å²) in [4.78, 5) is 12.2. The summed E-state index contributed by atoms with van der Waals surface area (Å²) in [5.41, 5.74) is 0.698. The number of hydrogen-bond acceptors (Lipinski definition) is 4. The lowest BCUT2D eigenvalue weighted by Gasteiger charge is -2.15. The first-order valence-electron chi connectivity index (χ1n) is 7.46. The van der Waals surface area contributed by atoms with Gasteiger partial charge in [0.15, 0.2) is 6.10 Å². The third kappa shape index (κ3) is 4.92. The molecule has 0 fully saturated rings. The second-order valence-electron chi connectivity index (χ2n) is 4.88. The number of amides is 1. The smallest absolute Gasteiger partial charge is 0.265 e. The van der Waals surface area contributed by atoms with E-state index >= 15 is 0 Å². The average Bonchev–Trinajstić information content (AvgIpc) is 2.57. The first-order valence-corrected chi connectivity index (χ1v) is 7.46. The molecule has 0 heterocycles. The van der Waals surface area contributed by atoms with Crippen molar-refractivity contribution in [3.05, 3.63) is 48.5 Å². The van der Waals surface area contributed by atoms with Gasteiger partial charge in [-0.1, -0.05) is 0 Å². The molecule has 0 radical (unpaired) electrons. The van der Waals surface area contributed by atoms with E-state index in [4.69, 9.17) is 14.2 Å². The number of hydrogen-bond donors (Lipinski definition) is 1. The minimum Gasteiger partial charge on any atom is -0.497 e. The monoisotopic (exact) mass is 315 g/mol. The quantitative estimate of drug-likeness (QED) is 0.849. The number of methoxy groups -OCH3 is 1. The van der Waals surface area contributed by atoms with Gasteiger partial charge < -0.3 is 19.5 Å². The van der Waals surface area contributed by atoms with Crippen LogP contribution < -0.4 is 19.5 Å². The van der Waals surface area contributed by atoms with E-state index in [0.717, 1.165) is 11.5 Å². The molecule has 0 aliphatic rings. The maximum absolute atomic E-state index is 12.2. The number of carbonyl (C=O) groups is 1. The summed E-state index contributed by atoms with van der Waals surface area (Å²) in [6.07, 6.45) is -0.616. The van der Waals surface area contributed by atoms with E-state index < -0.39 is 6.10 Å². The van der Waals surface area contributed by atoms with Crippen molar-refractivity contribution in [2.24, 2.45) is 0 Å². The fourth-order valence-corrected chi connectivity index (χ4v) is 1.96. The molecule has 0 aliphatic carbocycles. The van der Waals surface area contributed by atoms with Crippen molar-refractivity contribution >= 4 is 11.6 Å². The fraction of sp³-hybridized carbons (Fsp3) is 0.278. The van der Waals surface area contributed by atoms with Crippen molar-refractivity contribution in [1.29, 1.82) is 0 Å². The minimum absolute atomic E-state index is 0.218. The number of ether oxygens (including phenoxy) is 3. The van der Waals surface area contributed by atoms with Gasteiger partial charge >= 0.3 is 0 Å². The molecule has 0 aromatic heterocycles. The molecule has 1 N–H and O–H groups in total. The molecule has 2 rings (SSSR count). The summed E-state index contributed by atoms with van der Waals surface area (Å²) >= 11 is 0.